The topological polar surface area (TPSA) is 106 Å². The summed E-state index contributed by atoms with van der Waals surface area (Å²) >= 11 is 0. The summed E-state index contributed by atoms with van der Waals surface area (Å²) in [5, 5.41) is 2.49. The number of nitrogens with one attached hydrogen (secondary N) is 2. The highest BCUT2D eigenvalue weighted by atomic mass is 19.4. The number of pyridine rings is 1. The highest BCUT2D eigenvalue weighted by molar-refractivity contribution is 6.11. The Labute approximate surface area is 173 Å². The quantitative estimate of drug-likeness (QED) is 0.638. The van der Waals surface area contributed by atoms with Crippen LogP contribution in [0.4, 0.5) is 18.9 Å². The van der Waals surface area contributed by atoms with E-state index in [0.717, 1.165) is 12.1 Å². The number of carbonyl (C=O) groups excluding carboxylic acids is 1. The number of nitrogens with zero attached hydrogens (tertiary/aromatic N) is 2. The Kier molecular flexibility index (Phi) is 5.87. The van der Waals surface area contributed by atoms with Gasteiger partial charge in [-0.25, -0.2) is 9.78 Å². The van der Waals surface area contributed by atoms with E-state index in [0.29, 0.717) is 5.69 Å². The maximum Gasteiger partial charge on any atom is 0.573 e. The number of carbonyl (C=O) groups is 1. The molecule has 164 valence electrons. The predicted molar refractivity (Wildman–Crippen MR) is 107 cm³/mol. The lowest BCUT2D eigenvalue weighted by molar-refractivity contribution is -0.274. The van der Waals surface area contributed by atoms with Gasteiger partial charge in [-0.3, -0.25) is 19.1 Å². The van der Waals surface area contributed by atoms with Crippen LogP contribution in [0.1, 0.15) is 42.7 Å². The number of aromatic nitrogens is 3. The Balaban J connectivity index is 2.06. The average Bonchev–Trinajstić information content (AvgIpc) is 2.67. The van der Waals surface area contributed by atoms with Gasteiger partial charge in [0.05, 0.1) is 10.9 Å². The third kappa shape index (κ3) is 4.76. The first kappa shape index (κ1) is 22.1. The van der Waals surface area contributed by atoms with Crippen LogP contribution in [-0.4, -0.2) is 26.8 Å². The molecule has 3 rings (SSSR count). The largest absolute Gasteiger partial charge is 0.573 e. The predicted octanol–water partition coefficient (Wildman–Crippen LogP) is 3.38. The van der Waals surface area contributed by atoms with Crippen LogP contribution >= 0.6 is 0 Å². The van der Waals surface area contributed by atoms with Crippen LogP contribution in [0.2, 0.25) is 0 Å². The average molecular weight is 436 g/mol. The molecular weight excluding hydrogens is 417 g/mol. The van der Waals surface area contributed by atoms with E-state index >= 15 is 0 Å². The second kappa shape index (κ2) is 8.25. The number of ether oxygens (including phenoxy) is 1. The normalized spacial score (nSPS) is 11.7. The molecule has 31 heavy (non-hydrogen) atoms. The van der Waals surface area contributed by atoms with Crippen LogP contribution in [0.25, 0.3) is 11.0 Å². The van der Waals surface area contributed by atoms with Gasteiger partial charge in [-0.05, 0) is 43.2 Å². The molecule has 0 bridgehead atoms. The number of aromatic amines is 1. The molecule has 1 amide bonds. The van der Waals surface area contributed by atoms with E-state index in [1.54, 1.807) is 6.92 Å². The molecule has 0 fully saturated rings. The van der Waals surface area contributed by atoms with Gasteiger partial charge in [0.15, 0.2) is 5.65 Å². The van der Waals surface area contributed by atoms with Gasteiger partial charge in [-0.15, -0.1) is 13.2 Å². The monoisotopic (exact) mass is 436 g/mol. The molecule has 3 aromatic rings. The lowest BCUT2D eigenvalue weighted by Gasteiger charge is -2.14. The molecule has 2 N–H and O–H groups in total. The minimum Gasteiger partial charge on any atom is -0.406 e. The lowest BCUT2D eigenvalue weighted by atomic mass is 10.0. The molecule has 0 unspecified atom stereocenters. The Morgan fingerprint density at radius 3 is 2.42 bits per heavy atom. The zero-order valence-corrected chi connectivity index (χ0v) is 16.8. The molecule has 2 aromatic heterocycles. The number of halogens is 3. The Hall–Kier alpha value is -3.63. The summed E-state index contributed by atoms with van der Waals surface area (Å²) in [6, 6.07) is 6.03. The SMILES string of the molecule is CCn1c(=O)[nH]c(=O)c2c(C(=O)Nc3ccc(OC(F)(F)F)cc3)cc(C(C)C)nc21. The molecule has 0 spiro atoms. The molecule has 0 saturated heterocycles. The molecule has 0 atom stereocenters. The van der Waals surface area contributed by atoms with Crippen LogP contribution in [-0.2, 0) is 6.54 Å². The van der Waals surface area contributed by atoms with E-state index in [2.05, 4.69) is 20.0 Å². The zero-order valence-electron chi connectivity index (χ0n) is 16.8. The van der Waals surface area contributed by atoms with E-state index in [1.807, 2.05) is 13.8 Å². The second-order valence-electron chi connectivity index (χ2n) is 6.98. The number of benzene rings is 1. The summed E-state index contributed by atoms with van der Waals surface area (Å²) in [6.07, 6.45) is -4.83. The van der Waals surface area contributed by atoms with E-state index in [9.17, 15) is 27.6 Å². The van der Waals surface area contributed by atoms with Gasteiger partial charge in [-0.2, -0.15) is 0 Å². The van der Waals surface area contributed by atoms with Crippen LogP contribution in [0.5, 0.6) is 5.75 Å². The summed E-state index contributed by atoms with van der Waals surface area (Å²) in [4.78, 5) is 44.2. The summed E-state index contributed by atoms with van der Waals surface area (Å²) in [7, 11) is 0. The molecule has 0 aliphatic heterocycles. The minimum atomic E-state index is -4.83. The molecule has 0 aliphatic rings. The van der Waals surface area contributed by atoms with Crippen molar-refractivity contribution in [2.75, 3.05) is 5.32 Å². The fraction of sp³-hybridized carbons (Fsp3) is 0.300. The maximum absolute atomic E-state index is 13.0. The number of hydrogen-bond acceptors (Lipinski definition) is 5. The highest BCUT2D eigenvalue weighted by Gasteiger charge is 2.31. The Bertz CT molecular complexity index is 1240. The van der Waals surface area contributed by atoms with Gasteiger partial charge in [0.25, 0.3) is 11.5 Å². The number of alkyl halides is 3. The maximum atomic E-state index is 13.0. The number of rotatable bonds is 5. The number of amides is 1. The van der Waals surface area contributed by atoms with Gasteiger partial charge < -0.3 is 10.1 Å². The molecule has 2 heterocycles. The fourth-order valence-electron chi connectivity index (χ4n) is 3.00. The molecule has 0 radical (unpaired) electrons. The van der Waals surface area contributed by atoms with Gasteiger partial charge in [0.2, 0.25) is 0 Å². The van der Waals surface area contributed by atoms with Crippen molar-refractivity contribution in [3.8, 4) is 5.75 Å². The Morgan fingerprint density at radius 1 is 1.23 bits per heavy atom. The Morgan fingerprint density at radius 2 is 1.87 bits per heavy atom. The smallest absolute Gasteiger partial charge is 0.406 e. The first-order valence-corrected chi connectivity index (χ1v) is 9.35. The lowest BCUT2D eigenvalue weighted by Crippen LogP contribution is -2.32. The molecule has 0 aliphatic carbocycles. The number of anilines is 1. The number of aryl methyl sites for hydroxylation is 1. The summed E-state index contributed by atoms with van der Waals surface area (Å²) < 4.78 is 41.9. The van der Waals surface area contributed by atoms with Crippen LogP contribution in [0, 0.1) is 0 Å². The third-order valence-corrected chi connectivity index (χ3v) is 4.47. The van der Waals surface area contributed by atoms with E-state index in [-0.39, 0.29) is 34.7 Å². The van der Waals surface area contributed by atoms with Crippen molar-refractivity contribution in [2.24, 2.45) is 0 Å². The van der Waals surface area contributed by atoms with Crippen molar-refractivity contribution >= 4 is 22.6 Å². The van der Waals surface area contributed by atoms with Gasteiger partial charge in [-0.1, -0.05) is 13.8 Å². The van der Waals surface area contributed by atoms with Gasteiger partial charge in [0, 0.05) is 17.9 Å². The third-order valence-electron chi connectivity index (χ3n) is 4.47. The van der Waals surface area contributed by atoms with Gasteiger partial charge in [0.1, 0.15) is 5.75 Å². The summed E-state index contributed by atoms with van der Waals surface area (Å²) in [6.45, 7) is 5.61. The standard InChI is InChI=1S/C20H19F3N4O4/c1-4-27-16-15(18(29)26-19(27)30)13(9-14(25-16)10(2)3)17(28)24-11-5-7-12(8-6-11)31-20(21,22)23/h5-10H,4H2,1-3H3,(H,24,28)(H,26,29,30). The molecule has 0 saturated carbocycles. The van der Waals surface area contributed by atoms with Crippen molar-refractivity contribution in [2.45, 2.75) is 39.6 Å². The highest BCUT2D eigenvalue weighted by Crippen LogP contribution is 2.25. The van der Waals surface area contributed by atoms with Crippen molar-refractivity contribution < 1.29 is 22.7 Å². The first-order valence-electron chi connectivity index (χ1n) is 9.35. The summed E-state index contributed by atoms with van der Waals surface area (Å²) in [5.74, 6) is -1.22. The van der Waals surface area contributed by atoms with Crippen molar-refractivity contribution in [1.82, 2.24) is 14.5 Å². The molecule has 8 nitrogen and oxygen atoms in total. The number of fused-ring (bicyclic) bond motifs is 1. The fourth-order valence-corrected chi connectivity index (χ4v) is 3.00. The van der Waals surface area contributed by atoms with E-state index < -0.39 is 29.3 Å². The molecule has 11 heteroatoms. The van der Waals surface area contributed by atoms with E-state index in [1.165, 1.54) is 22.8 Å². The van der Waals surface area contributed by atoms with Crippen LogP contribution in [0.3, 0.4) is 0 Å². The van der Waals surface area contributed by atoms with Crippen LogP contribution in [0.15, 0.2) is 39.9 Å². The summed E-state index contributed by atoms with van der Waals surface area (Å²) in [5.41, 5.74) is -0.629. The van der Waals surface area contributed by atoms with Crippen molar-refractivity contribution in [3.05, 3.63) is 62.4 Å². The zero-order chi connectivity index (χ0) is 22.9. The van der Waals surface area contributed by atoms with Crippen molar-refractivity contribution in [3.63, 3.8) is 0 Å². The van der Waals surface area contributed by atoms with Gasteiger partial charge >= 0.3 is 12.1 Å². The second-order valence-corrected chi connectivity index (χ2v) is 6.98. The van der Waals surface area contributed by atoms with Crippen molar-refractivity contribution in [1.29, 1.82) is 0 Å². The van der Waals surface area contributed by atoms with Crippen LogP contribution < -0.4 is 21.3 Å². The number of hydrogen-bond donors (Lipinski definition) is 2. The first-order chi connectivity index (χ1) is 14.5. The van der Waals surface area contributed by atoms with E-state index in [4.69, 9.17) is 0 Å². The molecular formula is C20H19F3N4O4. The number of H-pyrrole nitrogens is 1. The molecule has 1 aromatic carbocycles. The minimum absolute atomic E-state index is 0.00670.